The number of hydrogen-bond acceptors (Lipinski definition) is 5. The second kappa shape index (κ2) is 5.95. The zero-order chi connectivity index (χ0) is 12.2. The third-order valence-corrected chi connectivity index (χ3v) is 2.78. The third kappa shape index (κ3) is 5.79. The van der Waals surface area contributed by atoms with Gasteiger partial charge in [-0.15, -0.1) is 0 Å². The van der Waals surface area contributed by atoms with E-state index in [0.29, 0.717) is 19.1 Å². The minimum atomic E-state index is -3.37. The Balaban J connectivity index is 2.22. The lowest BCUT2D eigenvalue weighted by atomic mass is 10.1. The van der Waals surface area contributed by atoms with Crippen molar-refractivity contribution in [3.05, 3.63) is 0 Å². The van der Waals surface area contributed by atoms with E-state index in [1.165, 1.54) is 0 Å². The van der Waals surface area contributed by atoms with Crippen LogP contribution >= 0.6 is 0 Å². The molecule has 96 valence electrons. The van der Waals surface area contributed by atoms with E-state index in [1.807, 2.05) is 0 Å². The van der Waals surface area contributed by atoms with E-state index >= 15 is 0 Å². The van der Waals surface area contributed by atoms with Gasteiger partial charge in [-0.3, -0.25) is 4.18 Å². The molecule has 0 radical (unpaired) electrons. The van der Waals surface area contributed by atoms with Crippen molar-refractivity contribution in [2.45, 2.75) is 26.6 Å². The Labute approximate surface area is 97.2 Å². The van der Waals surface area contributed by atoms with Gasteiger partial charge in [0.2, 0.25) is 0 Å². The number of rotatable bonds is 5. The summed E-state index contributed by atoms with van der Waals surface area (Å²) in [5, 5.41) is 0. The van der Waals surface area contributed by atoms with Gasteiger partial charge < -0.3 is 9.47 Å². The van der Waals surface area contributed by atoms with Crippen LogP contribution in [0.15, 0.2) is 0 Å². The topological polar surface area (TPSA) is 61.8 Å². The van der Waals surface area contributed by atoms with Crippen LogP contribution in [0.1, 0.15) is 20.3 Å². The average molecular weight is 252 g/mol. The molecule has 6 heteroatoms. The van der Waals surface area contributed by atoms with Gasteiger partial charge >= 0.3 is 0 Å². The van der Waals surface area contributed by atoms with Crippen molar-refractivity contribution in [3.63, 3.8) is 0 Å². The van der Waals surface area contributed by atoms with Crippen LogP contribution in [0, 0.1) is 11.8 Å². The molecule has 0 aromatic carbocycles. The Bertz CT molecular complexity index is 290. The molecule has 0 spiro atoms. The van der Waals surface area contributed by atoms with E-state index in [-0.39, 0.29) is 18.8 Å². The van der Waals surface area contributed by atoms with Crippen LogP contribution in [0.4, 0.5) is 0 Å². The molecule has 1 rings (SSSR count). The molecule has 1 aliphatic rings. The summed E-state index contributed by atoms with van der Waals surface area (Å²) in [7, 11) is -3.37. The van der Waals surface area contributed by atoms with Crippen LogP contribution in [-0.2, 0) is 23.8 Å². The fourth-order valence-electron chi connectivity index (χ4n) is 1.42. The smallest absolute Gasteiger partial charge is 0.264 e. The van der Waals surface area contributed by atoms with Crippen molar-refractivity contribution in [1.82, 2.24) is 0 Å². The minimum absolute atomic E-state index is 0.00172. The van der Waals surface area contributed by atoms with E-state index in [4.69, 9.17) is 13.7 Å². The number of hydrogen-bond donors (Lipinski definition) is 0. The highest BCUT2D eigenvalue weighted by atomic mass is 32.2. The quantitative estimate of drug-likeness (QED) is 0.683. The second-order valence-corrected chi connectivity index (χ2v) is 6.22. The lowest BCUT2D eigenvalue weighted by molar-refractivity contribution is -0.209. The summed E-state index contributed by atoms with van der Waals surface area (Å²) in [6.07, 6.45) is 1.74. The highest BCUT2D eigenvalue weighted by Gasteiger charge is 2.23. The monoisotopic (exact) mass is 252 g/mol. The second-order valence-electron chi connectivity index (χ2n) is 4.58. The fraction of sp³-hybridized carbons (Fsp3) is 1.00. The normalized spacial score (nSPS) is 27.2. The Kier molecular flexibility index (Phi) is 5.17. The third-order valence-electron chi connectivity index (χ3n) is 2.22. The van der Waals surface area contributed by atoms with Crippen molar-refractivity contribution >= 4 is 10.1 Å². The van der Waals surface area contributed by atoms with Gasteiger partial charge in [0.25, 0.3) is 10.1 Å². The molecule has 1 saturated heterocycles. The van der Waals surface area contributed by atoms with Crippen molar-refractivity contribution in [2.75, 3.05) is 26.1 Å². The van der Waals surface area contributed by atoms with E-state index in [2.05, 4.69) is 13.8 Å². The first-order valence-corrected chi connectivity index (χ1v) is 7.26. The lowest BCUT2D eigenvalue weighted by Crippen LogP contribution is -2.35. The Morgan fingerprint density at radius 2 is 1.88 bits per heavy atom. The minimum Gasteiger partial charge on any atom is -0.352 e. The molecule has 0 saturated carbocycles. The zero-order valence-corrected chi connectivity index (χ0v) is 10.8. The molecule has 0 bridgehead atoms. The van der Waals surface area contributed by atoms with Gasteiger partial charge in [-0.05, 0) is 5.92 Å². The molecule has 0 aliphatic carbocycles. The van der Waals surface area contributed by atoms with Crippen molar-refractivity contribution < 1.29 is 22.1 Å². The van der Waals surface area contributed by atoms with Crippen LogP contribution in [0.5, 0.6) is 0 Å². The predicted octanol–water partition coefficient (Wildman–Crippen LogP) is 0.998. The molecule has 1 fully saturated rings. The maximum absolute atomic E-state index is 10.8. The highest BCUT2D eigenvalue weighted by Crippen LogP contribution is 2.17. The summed E-state index contributed by atoms with van der Waals surface area (Å²) in [4.78, 5) is 0. The molecule has 1 heterocycles. The molecule has 5 nitrogen and oxygen atoms in total. The largest absolute Gasteiger partial charge is 0.352 e. The first-order chi connectivity index (χ1) is 7.37. The highest BCUT2D eigenvalue weighted by molar-refractivity contribution is 7.85. The molecule has 1 aliphatic heterocycles. The van der Waals surface area contributed by atoms with Crippen LogP contribution in [0.2, 0.25) is 0 Å². The molecule has 0 unspecified atom stereocenters. The van der Waals surface area contributed by atoms with Gasteiger partial charge in [-0.25, -0.2) is 0 Å². The molecule has 0 amide bonds. The van der Waals surface area contributed by atoms with Gasteiger partial charge in [0.05, 0.1) is 26.1 Å². The number of ether oxygens (including phenoxy) is 2. The van der Waals surface area contributed by atoms with Gasteiger partial charge in [0.15, 0.2) is 6.29 Å². The predicted molar refractivity (Wildman–Crippen MR) is 59.4 cm³/mol. The van der Waals surface area contributed by atoms with E-state index < -0.39 is 10.1 Å². The van der Waals surface area contributed by atoms with E-state index in [1.54, 1.807) is 0 Å². The summed E-state index contributed by atoms with van der Waals surface area (Å²) in [6, 6.07) is 0. The SMILES string of the molecule is CC(C)CC1OCC(COS(C)(=O)=O)CO1. The Morgan fingerprint density at radius 3 is 2.31 bits per heavy atom. The van der Waals surface area contributed by atoms with Gasteiger partial charge in [0, 0.05) is 12.3 Å². The molecular formula is C10H20O5S. The van der Waals surface area contributed by atoms with E-state index in [9.17, 15) is 8.42 Å². The molecular weight excluding hydrogens is 232 g/mol. The molecule has 0 N–H and O–H groups in total. The van der Waals surface area contributed by atoms with Crippen LogP contribution in [0.3, 0.4) is 0 Å². The first-order valence-electron chi connectivity index (χ1n) is 5.44. The lowest BCUT2D eigenvalue weighted by Gasteiger charge is -2.29. The molecule has 0 atom stereocenters. The molecule has 16 heavy (non-hydrogen) atoms. The van der Waals surface area contributed by atoms with Crippen molar-refractivity contribution in [1.29, 1.82) is 0 Å². The average Bonchev–Trinajstić information content (AvgIpc) is 2.14. The fourth-order valence-corrected chi connectivity index (χ4v) is 1.86. The van der Waals surface area contributed by atoms with Gasteiger partial charge in [-0.1, -0.05) is 13.8 Å². The Hall–Kier alpha value is -0.170. The molecule has 0 aromatic rings. The van der Waals surface area contributed by atoms with Crippen LogP contribution in [0.25, 0.3) is 0 Å². The standard InChI is InChI=1S/C10H20O5S/c1-8(2)4-10-13-5-9(6-14-10)7-15-16(3,11)12/h8-10H,4-7H2,1-3H3. The summed E-state index contributed by atoms with van der Waals surface area (Å²) in [6.45, 7) is 5.32. The zero-order valence-electron chi connectivity index (χ0n) is 10.0. The van der Waals surface area contributed by atoms with Gasteiger partial charge in [0.1, 0.15) is 0 Å². The summed E-state index contributed by atoms with van der Waals surface area (Å²) < 4.78 is 37.2. The first kappa shape index (κ1) is 13.9. The summed E-state index contributed by atoms with van der Waals surface area (Å²) in [5.74, 6) is 0.520. The van der Waals surface area contributed by atoms with Gasteiger partial charge in [-0.2, -0.15) is 8.42 Å². The van der Waals surface area contributed by atoms with Crippen molar-refractivity contribution in [2.24, 2.45) is 11.8 Å². The maximum Gasteiger partial charge on any atom is 0.264 e. The van der Waals surface area contributed by atoms with Crippen molar-refractivity contribution in [3.8, 4) is 0 Å². The Morgan fingerprint density at radius 1 is 1.31 bits per heavy atom. The van der Waals surface area contributed by atoms with E-state index in [0.717, 1.165) is 12.7 Å². The maximum atomic E-state index is 10.8. The summed E-state index contributed by atoms with van der Waals surface area (Å²) >= 11 is 0. The molecule has 0 aromatic heterocycles. The van der Waals surface area contributed by atoms with Crippen LogP contribution in [-0.4, -0.2) is 40.8 Å². The summed E-state index contributed by atoms with van der Waals surface area (Å²) in [5.41, 5.74) is 0. The van der Waals surface area contributed by atoms with Crippen LogP contribution < -0.4 is 0 Å².